The summed E-state index contributed by atoms with van der Waals surface area (Å²) in [5.41, 5.74) is -0.747. The molecule has 128 valence electrons. The molecule has 0 saturated heterocycles. The van der Waals surface area contributed by atoms with Crippen LogP contribution in [0.15, 0.2) is 30.3 Å². The van der Waals surface area contributed by atoms with Crippen molar-refractivity contribution in [1.29, 1.82) is 0 Å². The highest BCUT2D eigenvalue weighted by atomic mass is 16.5. The number of ether oxygens (including phenoxy) is 1. The average Bonchev–Trinajstić information content (AvgIpc) is 2.54. The van der Waals surface area contributed by atoms with E-state index in [0.29, 0.717) is 12.2 Å². The van der Waals surface area contributed by atoms with Gasteiger partial charge in [-0.2, -0.15) is 0 Å². The number of rotatable bonds is 5. The number of benzene rings is 1. The zero-order chi connectivity index (χ0) is 16.9. The van der Waals surface area contributed by atoms with Crippen molar-refractivity contribution in [1.82, 2.24) is 0 Å². The third-order valence-corrected chi connectivity index (χ3v) is 4.81. The molecular weight excluding hydrogens is 288 g/mol. The first-order valence-electron chi connectivity index (χ1n) is 8.79. The molecule has 1 atom stereocenters. The number of hydrogen-bond acceptors (Lipinski definition) is 3. The van der Waals surface area contributed by atoms with Gasteiger partial charge >= 0.3 is 5.97 Å². The molecule has 0 amide bonds. The molecule has 0 aliphatic heterocycles. The van der Waals surface area contributed by atoms with Crippen molar-refractivity contribution in [2.24, 2.45) is 11.3 Å². The maximum absolute atomic E-state index is 12.8. The van der Waals surface area contributed by atoms with Gasteiger partial charge in [-0.15, -0.1) is 0 Å². The molecule has 0 unspecified atom stereocenters. The van der Waals surface area contributed by atoms with Gasteiger partial charge in [0.2, 0.25) is 0 Å². The van der Waals surface area contributed by atoms with Crippen LogP contribution in [0.25, 0.3) is 0 Å². The fourth-order valence-electron chi connectivity index (χ4n) is 3.29. The van der Waals surface area contributed by atoms with Gasteiger partial charge in [0.25, 0.3) is 0 Å². The van der Waals surface area contributed by atoms with E-state index >= 15 is 0 Å². The molecule has 0 heterocycles. The van der Waals surface area contributed by atoms with Gasteiger partial charge < -0.3 is 9.84 Å². The van der Waals surface area contributed by atoms with E-state index in [9.17, 15) is 9.90 Å². The Morgan fingerprint density at radius 2 is 1.74 bits per heavy atom. The standard InChI is InChI=1S/C20H30O3/c1-19(2,3)14-15-23-18(21)20(22,16-10-6-4-7-11-16)17-12-8-5-9-13-17/h4,6-7,10-11,17,22H,5,8-9,12-15H2,1-3H3/t20-/m1/s1. The van der Waals surface area contributed by atoms with Gasteiger partial charge in [0.1, 0.15) is 0 Å². The van der Waals surface area contributed by atoms with Crippen molar-refractivity contribution in [3.63, 3.8) is 0 Å². The normalized spacial score (nSPS) is 19.1. The average molecular weight is 318 g/mol. The molecule has 0 spiro atoms. The smallest absolute Gasteiger partial charge is 0.343 e. The Kier molecular flexibility index (Phi) is 5.85. The predicted molar refractivity (Wildman–Crippen MR) is 91.9 cm³/mol. The fraction of sp³-hybridized carbons (Fsp3) is 0.650. The third kappa shape index (κ3) is 4.57. The molecule has 2 rings (SSSR count). The van der Waals surface area contributed by atoms with Crippen LogP contribution in [0, 0.1) is 11.3 Å². The number of aliphatic hydroxyl groups is 1. The van der Waals surface area contributed by atoms with Crippen LogP contribution in [0.2, 0.25) is 0 Å². The van der Waals surface area contributed by atoms with Crippen molar-refractivity contribution in [3.8, 4) is 0 Å². The largest absolute Gasteiger partial charge is 0.463 e. The van der Waals surface area contributed by atoms with E-state index in [-0.39, 0.29) is 11.3 Å². The van der Waals surface area contributed by atoms with E-state index in [4.69, 9.17) is 4.74 Å². The molecular formula is C20H30O3. The minimum absolute atomic E-state index is 0.0548. The van der Waals surface area contributed by atoms with E-state index in [1.807, 2.05) is 30.3 Å². The zero-order valence-corrected chi connectivity index (χ0v) is 14.7. The topological polar surface area (TPSA) is 46.5 Å². The highest BCUT2D eigenvalue weighted by Gasteiger charge is 2.47. The maximum atomic E-state index is 12.8. The second kappa shape index (κ2) is 7.48. The Morgan fingerprint density at radius 3 is 2.30 bits per heavy atom. The van der Waals surface area contributed by atoms with Crippen LogP contribution < -0.4 is 0 Å². The molecule has 3 heteroatoms. The molecule has 1 aliphatic rings. The molecule has 1 N–H and O–H groups in total. The first-order valence-corrected chi connectivity index (χ1v) is 8.79. The Hall–Kier alpha value is -1.35. The molecule has 0 bridgehead atoms. The first-order chi connectivity index (χ1) is 10.8. The lowest BCUT2D eigenvalue weighted by Crippen LogP contribution is -2.45. The van der Waals surface area contributed by atoms with Crippen LogP contribution in [0.5, 0.6) is 0 Å². The van der Waals surface area contributed by atoms with E-state index in [1.54, 1.807) is 0 Å². The van der Waals surface area contributed by atoms with Gasteiger partial charge in [-0.05, 0) is 30.2 Å². The second-order valence-corrected chi connectivity index (χ2v) is 7.91. The Balaban J connectivity index is 2.17. The number of carbonyl (C=O) groups is 1. The van der Waals surface area contributed by atoms with Crippen molar-refractivity contribution in [3.05, 3.63) is 35.9 Å². The highest BCUT2D eigenvalue weighted by molar-refractivity contribution is 5.81. The lowest BCUT2D eigenvalue weighted by Gasteiger charge is -2.37. The van der Waals surface area contributed by atoms with E-state index < -0.39 is 11.6 Å². The van der Waals surface area contributed by atoms with Crippen LogP contribution in [0.1, 0.15) is 64.9 Å². The SMILES string of the molecule is CC(C)(C)CCOC(=O)[C@@](O)(c1ccccc1)C1CCCCC1. The van der Waals surface area contributed by atoms with Gasteiger partial charge in [-0.25, -0.2) is 4.79 Å². The van der Waals surface area contributed by atoms with Crippen molar-refractivity contribution in [2.75, 3.05) is 6.61 Å². The number of esters is 1. The van der Waals surface area contributed by atoms with Crippen LogP contribution in [0.4, 0.5) is 0 Å². The second-order valence-electron chi connectivity index (χ2n) is 7.91. The van der Waals surface area contributed by atoms with Crippen LogP contribution in [-0.4, -0.2) is 17.7 Å². The number of carbonyl (C=O) groups excluding carboxylic acids is 1. The molecule has 1 aromatic carbocycles. The molecule has 1 aromatic rings. The highest BCUT2D eigenvalue weighted by Crippen LogP contribution is 2.40. The van der Waals surface area contributed by atoms with Gasteiger partial charge in [0, 0.05) is 5.92 Å². The van der Waals surface area contributed by atoms with Crippen LogP contribution >= 0.6 is 0 Å². The van der Waals surface area contributed by atoms with Crippen LogP contribution in [0.3, 0.4) is 0 Å². The van der Waals surface area contributed by atoms with Gasteiger partial charge in [0.15, 0.2) is 5.60 Å². The monoisotopic (exact) mass is 318 g/mol. The molecule has 0 radical (unpaired) electrons. The quantitative estimate of drug-likeness (QED) is 0.817. The van der Waals surface area contributed by atoms with Crippen molar-refractivity contribution < 1.29 is 14.6 Å². The summed E-state index contributed by atoms with van der Waals surface area (Å²) >= 11 is 0. The summed E-state index contributed by atoms with van der Waals surface area (Å²) in [4.78, 5) is 12.8. The molecule has 3 nitrogen and oxygen atoms in total. The van der Waals surface area contributed by atoms with Gasteiger partial charge in [-0.3, -0.25) is 0 Å². The van der Waals surface area contributed by atoms with Crippen molar-refractivity contribution in [2.45, 2.75) is 64.9 Å². The first kappa shape index (κ1) is 18.0. The van der Waals surface area contributed by atoms with Crippen LogP contribution in [-0.2, 0) is 15.1 Å². The Labute approximate surface area is 140 Å². The van der Waals surface area contributed by atoms with Gasteiger partial charge in [-0.1, -0.05) is 70.4 Å². The molecule has 23 heavy (non-hydrogen) atoms. The van der Waals surface area contributed by atoms with E-state index in [1.165, 1.54) is 6.42 Å². The van der Waals surface area contributed by atoms with Crippen molar-refractivity contribution >= 4 is 5.97 Å². The minimum Gasteiger partial charge on any atom is -0.463 e. The third-order valence-electron chi connectivity index (χ3n) is 4.81. The number of hydrogen-bond donors (Lipinski definition) is 1. The molecule has 0 aromatic heterocycles. The summed E-state index contributed by atoms with van der Waals surface area (Å²) in [6.45, 7) is 6.70. The molecule has 1 aliphatic carbocycles. The Bertz CT molecular complexity index is 497. The minimum atomic E-state index is -1.51. The molecule has 1 saturated carbocycles. The Morgan fingerprint density at radius 1 is 1.13 bits per heavy atom. The summed E-state index contributed by atoms with van der Waals surface area (Å²) in [7, 11) is 0. The summed E-state index contributed by atoms with van der Waals surface area (Å²) in [5, 5.41) is 11.3. The molecule has 1 fully saturated rings. The lowest BCUT2D eigenvalue weighted by atomic mass is 9.73. The summed E-state index contributed by atoms with van der Waals surface area (Å²) in [6, 6.07) is 9.30. The fourth-order valence-corrected chi connectivity index (χ4v) is 3.29. The predicted octanol–water partition coefficient (Wildman–Crippen LogP) is 4.43. The summed E-state index contributed by atoms with van der Waals surface area (Å²) < 4.78 is 5.50. The lowest BCUT2D eigenvalue weighted by molar-refractivity contribution is -0.176. The zero-order valence-electron chi connectivity index (χ0n) is 14.7. The van der Waals surface area contributed by atoms with E-state index in [2.05, 4.69) is 20.8 Å². The summed E-state index contributed by atoms with van der Waals surface area (Å²) in [6.07, 6.45) is 5.85. The maximum Gasteiger partial charge on any atom is 0.343 e. The summed E-state index contributed by atoms with van der Waals surface area (Å²) in [5.74, 6) is -0.541. The van der Waals surface area contributed by atoms with Gasteiger partial charge in [0.05, 0.1) is 6.61 Å². The van der Waals surface area contributed by atoms with E-state index in [0.717, 1.165) is 32.1 Å².